The standard InChI is InChI=1S/C38H33N3O6S4/c1-3-46-31(42)29-28(27-20-19-25-17-11-12-18-26(25)39-27)30(32(43)47-4-2)38(34(45)41(36(49)51-38)22-24-15-9-6-10-16-24)37(29)33(44)40(35(48)50-37)21-23-13-7-5-8-14-23/h5-20,28-30H,3-4,21-22H2,1-2H3/t28?,29-,30-,37-,38+/m0/s1. The van der Waals surface area contributed by atoms with Crippen molar-refractivity contribution in [2.24, 2.45) is 11.8 Å². The van der Waals surface area contributed by atoms with E-state index < -0.39 is 51.0 Å². The van der Waals surface area contributed by atoms with E-state index in [2.05, 4.69) is 0 Å². The van der Waals surface area contributed by atoms with Crippen molar-refractivity contribution < 1.29 is 28.7 Å². The molecule has 2 saturated heterocycles. The fourth-order valence-electron chi connectivity index (χ4n) is 7.57. The maximum atomic E-state index is 15.5. The van der Waals surface area contributed by atoms with Crippen molar-refractivity contribution in [1.29, 1.82) is 0 Å². The van der Waals surface area contributed by atoms with Gasteiger partial charge in [-0.25, -0.2) is 0 Å². The van der Waals surface area contributed by atoms with Crippen molar-refractivity contribution in [3.05, 3.63) is 114 Å². The molecule has 3 aromatic carbocycles. The molecule has 3 heterocycles. The number of pyridine rings is 1. The number of benzene rings is 3. The Balaban J connectivity index is 1.50. The summed E-state index contributed by atoms with van der Waals surface area (Å²) in [5.74, 6) is -6.51. The molecule has 9 nitrogen and oxygen atoms in total. The minimum atomic E-state index is -1.96. The Labute approximate surface area is 314 Å². The molecular formula is C38H33N3O6S4. The molecule has 0 bridgehead atoms. The molecule has 3 aliphatic rings. The Morgan fingerprint density at radius 2 is 1.14 bits per heavy atom. The maximum Gasteiger partial charge on any atom is 0.311 e. The molecule has 1 aromatic heterocycles. The van der Waals surface area contributed by atoms with Gasteiger partial charge in [-0.05, 0) is 37.1 Å². The van der Waals surface area contributed by atoms with Gasteiger partial charge in [-0.3, -0.25) is 34.0 Å². The van der Waals surface area contributed by atoms with E-state index in [4.69, 9.17) is 38.9 Å². The predicted octanol–water partition coefficient (Wildman–Crippen LogP) is 6.29. The van der Waals surface area contributed by atoms with E-state index in [0.717, 1.165) is 40.0 Å². The number of amides is 2. The third-order valence-electron chi connectivity index (χ3n) is 9.62. The molecule has 13 heteroatoms. The first-order valence-corrected chi connectivity index (χ1v) is 19.0. The molecule has 5 atom stereocenters. The first-order chi connectivity index (χ1) is 24.7. The predicted molar refractivity (Wildman–Crippen MR) is 205 cm³/mol. The van der Waals surface area contributed by atoms with Crippen LogP contribution in [0, 0.1) is 11.8 Å². The van der Waals surface area contributed by atoms with Gasteiger partial charge in [-0.1, -0.05) is 133 Å². The van der Waals surface area contributed by atoms with Crippen molar-refractivity contribution in [1.82, 2.24) is 14.8 Å². The van der Waals surface area contributed by atoms with Gasteiger partial charge in [-0.15, -0.1) is 0 Å². The Morgan fingerprint density at radius 1 is 0.686 bits per heavy atom. The molecule has 51 heavy (non-hydrogen) atoms. The van der Waals surface area contributed by atoms with Crippen LogP contribution in [-0.2, 0) is 41.7 Å². The van der Waals surface area contributed by atoms with Crippen LogP contribution in [0.5, 0.6) is 0 Å². The van der Waals surface area contributed by atoms with Crippen LogP contribution in [-0.4, -0.2) is 69.9 Å². The molecule has 2 aliphatic heterocycles. The average Bonchev–Trinajstić information content (AvgIpc) is 3.65. The molecule has 0 N–H and O–H groups in total. The third-order valence-corrected chi connectivity index (χ3v) is 13.6. The van der Waals surface area contributed by atoms with E-state index in [1.54, 1.807) is 19.9 Å². The number of nitrogens with zero attached hydrogens (tertiary/aromatic N) is 3. The van der Waals surface area contributed by atoms with Gasteiger partial charge in [0.05, 0.1) is 43.7 Å². The normalized spacial score (nSPS) is 25.8. The van der Waals surface area contributed by atoms with Crippen LogP contribution < -0.4 is 0 Å². The molecule has 1 saturated carbocycles. The van der Waals surface area contributed by atoms with Crippen molar-refractivity contribution in [3.8, 4) is 0 Å². The smallest absolute Gasteiger partial charge is 0.311 e. The summed E-state index contributed by atoms with van der Waals surface area (Å²) in [4.78, 5) is 68.0. The number of ether oxygens (including phenoxy) is 2. The minimum absolute atomic E-state index is 0.00295. The zero-order valence-corrected chi connectivity index (χ0v) is 31.0. The number of carbonyl (C=O) groups is 4. The highest BCUT2D eigenvalue weighted by atomic mass is 32.2. The Kier molecular flexibility index (Phi) is 9.74. The quantitative estimate of drug-likeness (QED) is 0.142. The lowest BCUT2D eigenvalue weighted by molar-refractivity contribution is -0.152. The van der Waals surface area contributed by atoms with Gasteiger partial charge >= 0.3 is 11.9 Å². The lowest BCUT2D eigenvalue weighted by atomic mass is 9.82. The molecular weight excluding hydrogens is 723 g/mol. The van der Waals surface area contributed by atoms with E-state index >= 15 is 9.59 Å². The number of rotatable bonds is 9. The number of esters is 2. The number of thiocarbonyl (C=S) groups is 2. The zero-order valence-electron chi connectivity index (χ0n) is 27.7. The number of aromatic nitrogens is 1. The average molecular weight is 756 g/mol. The van der Waals surface area contributed by atoms with Crippen molar-refractivity contribution >= 4 is 91.3 Å². The van der Waals surface area contributed by atoms with Gasteiger partial charge < -0.3 is 9.47 Å². The van der Waals surface area contributed by atoms with E-state index in [1.807, 2.05) is 91.0 Å². The van der Waals surface area contributed by atoms with E-state index in [9.17, 15) is 9.59 Å². The fraction of sp³-hybridized carbons (Fsp3) is 0.289. The lowest BCUT2D eigenvalue weighted by Gasteiger charge is -2.39. The minimum Gasteiger partial charge on any atom is -0.466 e. The largest absolute Gasteiger partial charge is 0.466 e. The van der Waals surface area contributed by atoms with E-state index in [1.165, 1.54) is 9.80 Å². The first kappa shape index (κ1) is 35.2. The summed E-state index contributed by atoms with van der Waals surface area (Å²) in [6.07, 6.45) is 0. The van der Waals surface area contributed by atoms with E-state index in [0.29, 0.717) is 11.2 Å². The molecule has 4 aromatic rings. The number of carbonyl (C=O) groups excluding carboxylic acids is 4. The number of thioether (sulfide) groups is 2. The van der Waals surface area contributed by atoms with Gasteiger partial charge in [-0.2, -0.15) is 0 Å². The number of fused-ring (bicyclic) bond motifs is 2. The van der Waals surface area contributed by atoms with Gasteiger partial charge in [0.1, 0.15) is 18.1 Å². The van der Waals surface area contributed by atoms with Crippen molar-refractivity contribution in [3.63, 3.8) is 0 Å². The summed E-state index contributed by atoms with van der Waals surface area (Å²) in [6, 6.07) is 29.7. The highest BCUT2D eigenvalue weighted by Crippen LogP contribution is 2.71. The molecule has 1 aliphatic carbocycles. The third kappa shape index (κ3) is 5.65. The van der Waals surface area contributed by atoms with Crippen LogP contribution in [0.2, 0.25) is 0 Å². The van der Waals surface area contributed by atoms with Crippen LogP contribution in [0.3, 0.4) is 0 Å². The van der Waals surface area contributed by atoms with Gasteiger partial charge in [0.25, 0.3) is 0 Å². The van der Waals surface area contributed by atoms with Crippen LogP contribution in [0.15, 0.2) is 97.1 Å². The van der Waals surface area contributed by atoms with E-state index in [-0.39, 0.29) is 34.9 Å². The van der Waals surface area contributed by atoms with Gasteiger partial charge in [0.2, 0.25) is 11.8 Å². The lowest BCUT2D eigenvalue weighted by Crippen LogP contribution is -2.63. The Morgan fingerprint density at radius 3 is 1.61 bits per heavy atom. The second-order valence-corrected chi connectivity index (χ2v) is 16.1. The molecule has 2 spiro atoms. The van der Waals surface area contributed by atoms with Crippen molar-refractivity contribution in [2.45, 2.75) is 42.3 Å². The fourth-order valence-corrected chi connectivity index (χ4v) is 11.8. The summed E-state index contributed by atoms with van der Waals surface area (Å²) in [6.45, 7) is 3.53. The number of para-hydroxylation sites is 1. The summed E-state index contributed by atoms with van der Waals surface area (Å²) in [5, 5.41) is 0.840. The summed E-state index contributed by atoms with van der Waals surface area (Å²) >= 11 is 13.8. The number of hydrogen-bond donors (Lipinski definition) is 0. The Bertz CT molecular complexity index is 1960. The molecule has 2 amide bonds. The maximum absolute atomic E-state index is 15.5. The zero-order chi connectivity index (χ0) is 35.9. The molecule has 7 rings (SSSR count). The Hall–Kier alpha value is -4.17. The SMILES string of the molecule is CCOC(=O)[C@@H]1C(c2ccc3ccccc3n2)[C@@H](C(=O)OCC)[C@]2(SC(=S)N(Cc3ccccc3)C2=O)[C@]12SC(=S)N(Cc1ccccc1)C2=O. The molecule has 1 unspecified atom stereocenters. The first-order valence-electron chi connectivity index (χ1n) is 16.5. The summed E-state index contributed by atoms with van der Waals surface area (Å²) in [7, 11) is 0. The van der Waals surface area contributed by atoms with Crippen LogP contribution >= 0.6 is 48.0 Å². The molecule has 0 radical (unpaired) electrons. The second kappa shape index (κ2) is 14.1. The summed E-state index contributed by atoms with van der Waals surface area (Å²) in [5.41, 5.74) is 2.56. The monoisotopic (exact) mass is 755 g/mol. The number of hydrogen-bond acceptors (Lipinski definition) is 11. The van der Waals surface area contributed by atoms with Crippen LogP contribution in [0.25, 0.3) is 10.9 Å². The van der Waals surface area contributed by atoms with Crippen LogP contribution in [0.1, 0.15) is 36.6 Å². The van der Waals surface area contributed by atoms with Gasteiger partial charge in [0, 0.05) is 17.0 Å². The highest BCUT2D eigenvalue weighted by Gasteiger charge is 2.85. The van der Waals surface area contributed by atoms with Crippen LogP contribution in [0.4, 0.5) is 0 Å². The van der Waals surface area contributed by atoms with Crippen molar-refractivity contribution in [2.75, 3.05) is 13.2 Å². The highest BCUT2D eigenvalue weighted by molar-refractivity contribution is 8.28. The topological polar surface area (TPSA) is 106 Å². The second-order valence-electron chi connectivity index (χ2n) is 12.4. The molecule has 260 valence electrons. The molecule has 3 fully saturated rings. The summed E-state index contributed by atoms with van der Waals surface area (Å²) < 4.78 is 7.93. The van der Waals surface area contributed by atoms with Gasteiger partial charge in [0.15, 0.2) is 0 Å².